The third kappa shape index (κ3) is 4.07. The van der Waals surface area contributed by atoms with Crippen molar-refractivity contribution in [3.8, 4) is 0 Å². The van der Waals surface area contributed by atoms with E-state index in [4.69, 9.17) is 21.3 Å². The van der Waals surface area contributed by atoms with Crippen LogP contribution in [0.4, 0.5) is 0 Å². The molecular weight excluding hydrogens is 345 g/mol. The molecule has 4 nitrogen and oxygen atoms in total. The minimum atomic E-state index is -0.377. The summed E-state index contributed by atoms with van der Waals surface area (Å²) in [4.78, 5) is 9.06. The minimum Gasteiger partial charge on any atom is -0.494 e. The molecule has 0 saturated heterocycles. The Morgan fingerprint density at radius 1 is 1.21 bits per heavy atom. The van der Waals surface area contributed by atoms with Gasteiger partial charge >= 0.3 is 0 Å². The van der Waals surface area contributed by atoms with Gasteiger partial charge in [-0.1, -0.05) is 18.2 Å². The second-order valence-electron chi connectivity index (χ2n) is 5.71. The molecule has 3 rings (SSSR count). The first kappa shape index (κ1) is 18.7. The topological polar surface area (TPSA) is 46.5 Å². The van der Waals surface area contributed by atoms with Crippen LogP contribution in [0.15, 0.2) is 53.7 Å². The van der Waals surface area contributed by atoms with Gasteiger partial charge in [0.15, 0.2) is 0 Å². The van der Waals surface area contributed by atoms with Crippen molar-refractivity contribution in [2.45, 2.75) is 19.0 Å². The van der Waals surface area contributed by atoms with E-state index in [1.54, 1.807) is 6.20 Å². The molecule has 0 fully saturated rings. The fourth-order valence-electron chi connectivity index (χ4n) is 2.72. The first-order chi connectivity index (χ1) is 11.2. The molecule has 2 aromatic rings. The maximum Gasteiger partial charge on any atom is 0.127 e. The van der Waals surface area contributed by atoms with Crippen LogP contribution in [0.25, 0.3) is 5.76 Å². The highest BCUT2D eigenvalue weighted by molar-refractivity contribution is 6.18. The number of ether oxygens (including phenoxy) is 1. The third-order valence-electron chi connectivity index (χ3n) is 3.92. The lowest BCUT2D eigenvalue weighted by atomic mass is 9.95. The lowest BCUT2D eigenvalue weighted by molar-refractivity contribution is 0.232. The Hall–Kier alpha value is -1.62. The average Bonchev–Trinajstić information content (AvgIpc) is 2.60. The lowest BCUT2D eigenvalue weighted by Crippen LogP contribution is -2.53. The minimum absolute atomic E-state index is 0. The van der Waals surface area contributed by atoms with Crippen LogP contribution >= 0.6 is 24.0 Å². The normalized spacial score (nSPS) is 19.0. The first-order valence-corrected chi connectivity index (χ1v) is 8.24. The van der Waals surface area contributed by atoms with E-state index in [0.29, 0.717) is 25.6 Å². The number of aromatic nitrogens is 1. The molecule has 1 unspecified atom stereocenters. The van der Waals surface area contributed by atoms with Gasteiger partial charge in [0, 0.05) is 18.0 Å². The Kier molecular flexibility index (Phi) is 6.60. The molecule has 24 heavy (non-hydrogen) atoms. The molecule has 6 heteroatoms. The molecule has 2 heterocycles. The molecule has 1 aliphatic rings. The number of hydrogen-bond acceptors (Lipinski definition) is 4. The zero-order valence-corrected chi connectivity index (χ0v) is 15.1. The summed E-state index contributed by atoms with van der Waals surface area (Å²) in [7, 11) is 0. The second-order valence-corrected chi connectivity index (χ2v) is 6.08. The summed E-state index contributed by atoms with van der Waals surface area (Å²) in [6.45, 7) is 3.86. The Morgan fingerprint density at radius 2 is 2.00 bits per heavy atom. The van der Waals surface area contributed by atoms with Crippen molar-refractivity contribution in [2.75, 3.05) is 19.0 Å². The van der Waals surface area contributed by atoms with Crippen LogP contribution in [-0.2, 0) is 11.3 Å². The molecule has 1 atom stereocenters. The Morgan fingerprint density at radius 3 is 2.75 bits per heavy atom. The number of para-hydroxylation sites is 1. The quantitative estimate of drug-likeness (QED) is 0.796. The van der Waals surface area contributed by atoms with Crippen molar-refractivity contribution in [1.29, 1.82) is 0 Å². The van der Waals surface area contributed by atoms with Crippen molar-refractivity contribution in [2.24, 2.45) is 4.99 Å². The fourth-order valence-corrected chi connectivity index (χ4v) is 2.80. The van der Waals surface area contributed by atoms with Gasteiger partial charge < -0.3 is 4.74 Å². The molecule has 128 valence electrons. The molecule has 1 aliphatic heterocycles. The standard InChI is InChI=1S/C18H20ClN3O.ClH/c1-18(22-12-14-6-4-5-10-20-14)13-21-16-8-3-2-7-15(16)17(18)23-11-9-19;/h2-8,10,22H,9,11-13H2,1H3;1H. The Balaban J connectivity index is 0.00000208. The molecule has 1 aromatic heterocycles. The molecule has 1 aromatic carbocycles. The van der Waals surface area contributed by atoms with Crippen LogP contribution in [0.2, 0.25) is 0 Å². The predicted molar refractivity (Wildman–Crippen MR) is 98.9 cm³/mol. The smallest absolute Gasteiger partial charge is 0.127 e. The molecule has 1 N–H and O–H groups in total. The Bertz CT molecular complexity index is 782. The highest BCUT2D eigenvalue weighted by Crippen LogP contribution is 2.21. The molecule has 0 aliphatic carbocycles. The van der Waals surface area contributed by atoms with E-state index in [1.807, 2.05) is 42.5 Å². The number of rotatable bonds is 6. The maximum atomic E-state index is 6.00. The largest absolute Gasteiger partial charge is 0.494 e. The van der Waals surface area contributed by atoms with Crippen molar-refractivity contribution in [3.05, 3.63) is 64.9 Å². The van der Waals surface area contributed by atoms with Crippen LogP contribution < -0.4 is 15.9 Å². The van der Waals surface area contributed by atoms with Gasteiger partial charge in [0.25, 0.3) is 0 Å². The third-order valence-corrected chi connectivity index (χ3v) is 4.08. The average molecular weight is 366 g/mol. The SMILES string of the molecule is CC1(NCc2ccccn2)CN=c2ccccc2=C1OCCCl.Cl. The van der Waals surface area contributed by atoms with Crippen LogP contribution in [0, 0.1) is 0 Å². The highest BCUT2D eigenvalue weighted by Gasteiger charge is 2.33. The number of nitrogens with one attached hydrogen (secondary N) is 1. The van der Waals surface area contributed by atoms with E-state index in [9.17, 15) is 0 Å². The van der Waals surface area contributed by atoms with E-state index in [1.165, 1.54) is 0 Å². The number of hydrogen-bond donors (Lipinski definition) is 1. The monoisotopic (exact) mass is 365 g/mol. The van der Waals surface area contributed by atoms with Gasteiger partial charge in [0.05, 0.1) is 29.0 Å². The van der Waals surface area contributed by atoms with Crippen molar-refractivity contribution >= 4 is 29.8 Å². The number of halogens is 2. The van der Waals surface area contributed by atoms with Crippen molar-refractivity contribution < 1.29 is 4.74 Å². The number of benzene rings is 1. The van der Waals surface area contributed by atoms with Gasteiger partial charge in [-0.2, -0.15) is 0 Å². The Labute approximate surface area is 153 Å². The lowest BCUT2D eigenvalue weighted by Gasteiger charge is -2.33. The summed E-state index contributed by atoms with van der Waals surface area (Å²) in [5.74, 6) is 1.36. The molecular formula is C18H21Cl2N3O. The first-order valence-electron chi connectivity index (χ1n) is 7.71. The molecule has 0 radical (unpaired) electrons. The molecule has 0 bridgehead atoms. The predicted octanol–water partition coefficient (Wildman–Crippen LogP) is 2.05. The number of fused-ring (bicyclic) bond motifs is 1. The number of alkyl halides is 1. The van der Waals surface area contributed by atoms with Gasteiger partial charge in [-0.05, 0) is 31.2 Å². The van der Waals surface area contributed by atoms with Crippen LogP contribution in [0.3, 0.4) is 0 Å². The van der Waals surface area contributed by atoms with Gasteiger partial charge in [-0.25, -0.2) is 0 Å². The van der Waals surface area contributed by atoms with E-state index in [-0.39, 0.29) is 17.9 Å². The van der Waals surface area contributed by atoms with Gasteiger partial charge in [-0.15, -0.1) is 24.0 Å². The zero-order chi connectivity index (χ0) is 16.1. The molecule has 0 spiro atoms. The maximum absolute atomic E-state index is 6.00. The zero-order valence-electron chi connectivity index (χ0n) is 13.5. The summed E-state index contributed by atoms with van der Waals surface area (Å²) < 4.78 is 6.00. The van der Waals surface area contributed by atoms with Crippen LogP contribution in [-0.4, -0.2) is 29.6 Å². The van der Waals surface area contributed by atoms with E-state index >= 15 is 0 Å². The molecule has 0 saturated carbocycles. The fraction of sp³-hybridized carbons (Fsp3) is 0.333. The van der Waals surface area contributed by atoms with Crippen LogP contribution in [0.1, 0.15) is 12.6 Å². The number of pyridine rings is 1. The molecule has 0 amide bonds. The summed E-state index contributed by atoms with van der Waals surface area (Å²) in [6, 6.07) is 14.0. The van der Waals surface area contributed by atoms with Gasteiger partial charge in [0.2, 0.25) is 0 Å². The number of nitrogens with zero attached hydrogens (tertiary/aromatic N) is 2. The van der Waals surface area contributed by atoms with Gasteiger partial charge in [0.1, 0.15) is 12.4 Å². The van der Waals surface area contributed by atoms with Crippen molar-refractivity contribution in [1.82, 2.24) is 10.3 Å². The van der Waals surface area contributed by atoms with Gasteiger partial charge in [-0.3, -0.25) is 15.3 Å². The summed E-state index contributed by atoms with van der Waals surface area (Å²) >= 11 is 5.82. The van der Waals surface area contributed by atoms with E-state index < -0.39 is 0 Å². The highest BCUT2D eigenvalue weighted by atomic mass is 35.5. The van der Waals surface area contributed by atoms with Crippen LogP contribution in [0.5, 0.6) is 0 Å². The van der Waals surface area contributed by atoms with E-state index in [0.717, 1.165) is 22.0 Å². The van der Waals surface area contributed by atoms with Crippen molar-refractivity contribution in [3.63, 3.8) is 0 Å². The van der Waals surface area contributed by atoms with E-state index in [2.05, 4.69) is 17.2 Å². The summed E-state index contributed by atoms with van der Waals surface area (Å²) in [5.41, 5.74) is 0.613. The second kappa shape index (κ2) is 8.47. The summed E-state index contributed by atoms with van der Waals surface area (Å²) in [6.07, 6.45) is 1.80. The summed E-state index contributed by atoms with van der Waals surface area (Å²) in [5, 5.41) is 5.55.